The van der Waals surface area contributed by atoms with Gasteiger partial charge in [0.05, 0.1) is 12.7 Å². The van der Waals surface area contributed by atoms with Crippen LogP contribution in [0.4, 0.5) is 17.6 Å². The smallest absolute Gasteiger partial charge is 0.416 e. The largest absolute Gasteiger partial charge is 0.469 e. The molecule has 2 nitrogen and oxygen atoms in total. The molecule has 0 radical (unpaired) electrons. The first-order valence-electron chi connectivity index (χ1n) is 4.76. The molecule has 6 heteroatoms. The minimum atomic E-state index is -4.60. The normalized spacial score (nSPS) is 11.4. The molecule has 1 aromatic carbocycles. The van der Waals surface area contributed by atoms with Gasteiger partial charge in [-0.2, -0.15) is 13.2 Å². The number of ether oxygens (including phenoxy) is 1. The molecule has 0 saturated heterocycles. The van der Waals surface area contributed by atoms with E-state index >= 15 is 0 Å². The molecule has 0 bridgehead atoms. The number of hydrogen-bond donors (Lipinski definition) is 0. The molecule has 94 valence electrons. The molecule has 0 aliphatic carbocycles. The number of alkyl halides is 3. The SMILES string of the molecule is COC(=O)CCc1cc(F)cc(C(F)(F)F)c1. The number of rotatable bonds is 3. The number of benzene rings is 1. The van der Waals surface area contributed by atoms with E-state index in [4.69, 9.17) is 0 Å². The maximum absolute atomic E-state index is 12.9. The van der Waals surface area contributed by atoms with Crippen molar-refractivity contribution in [3.05, 3.63) is 35.1 Å². The van der Waals surface area contributed by atoms with Crippen LogP contribution in [0.5, 0.6) is 0 Å². The molecular weight excluding hydrogens is 240 g/mol. The molecule has 0 atom stereocenters. The van der Waals surface area contributed by atoms with Gasteiger partial charge in [0, 0.05) is 6.42 Å². The van der Waals surface area contributed by atoms with Crippen LogP contribution in [0.2, 0.25) is 0 Å². The van der Waals surface area contributed by atoms with Gasteiger partial charge < -0.3 is 4.74 Å². The van der Waals surface area contributed by atoms with Gasteiger partial charge in [-0.3, -0.25) is 4.79 Å². The Morgan fingerprint density at radius 2 is 1.94 bits per heavy atom. The highest BCUT2D eigenvalue weighted by atomic mass is 19.4. The highest BCUT2D eigenvalue weighted by molar-refractivity contribution is 5.69. The summed E-state index contributed by atoms with van der Waals surface area (Å²) in [7, 11) is 1.18. The van der Waals surface area contributed by atoms with Crippen molar-refractivity contribution in [3.63, 3.8) is 0 Å². The average molecular weight is 250 g/mol. The van der Waals surface area contributed by atoms with Crippen molar-refractivity contribution in [2.75, 3.05) is 7.11 Å². The first-order chi connectivity index (χ1) is 7.82. The Morgan fingerprint density at radius 1 is 1.29 bits per heavy atom. The fourth-order valence-electron chi connectivity index (χ4n) is 1.31. The Kier molecular flexibility index (Phi) is 4.09. The second-order valence-corrected chi connectivity index (χ2v) is 3.42. The monoisotopic (exact) mass is 250 g/mol. The summed E-state index contributed by atoms with van der Waals surface area (Å²) in [5.41, 5.74) is -0.944. The van der Waals surface area contributed by atoms with Crippen LogP contribution in [-0.4, -0.2) is 13.1 Å². The van der Waals surface area contributed by atoms with Gasteiger partial charge >= 0.3 is 12.1 Å². The van der Waals surface area contributed by atoms with Gasteiger partial charge in [0.2, 0.25) is 0 Å². The summed E-state index contributed by atoms with van der Waals surface area (Å²) in [4.78, 5) is 10.8. The van der Waals surface area contributed by atoms with E-state index in [1.807, 2.05) is 0 Å². The summed E-state index contributed by atoms with van der Waals surface area (Å²) >= 11 is 0. The minimum absolute atomic E-state index is 0.00745. The van der Waals surface area contributed by atoms with E-state index < -0.39 is 23.5 Å². The molecule has 0 N–H and O–H groups in total. The predicted molar refractivity (Wildman–Crippen MR) is 51.7 cm³/mol. The van der Waals surface area contributed by atoms with Crippen molar-refractivity contribution in [1.29, 1.82) is 0 Å². The van der Waals surface area contributed by atoms with Crippen LogP contribution in [0.1, 0.15) is 17.5 Å². The van der Waals surface area contributed by atoms with E-state index in [-0.39, 0.29) is 18.4 Å². The van der Waals surface area contributed by atoms with Gasteiger partial charge in [-0.1, -0.05) is 0 Å². The quantitative estimate of drug-likeness (QED) is 0.609. The lowest BCUT2D eigenvalue weighted by Crippen LogP contribution is -2.07. The molecular formula is C11H10F4O2. The van der Waals surface area contributed by atoms with Crippen LogP contribution in [0, 0.1) is 5.82 Å². The highest BCUT2D eigenvalue weighted by Crippen LogP contribution is 2.30. The van der Waals surface area contributed by atoms with Crippen LogP contribution >= 0.6 is 0 Å². The Hall–Kier alpha value is -1.59. The third-order valence-corrected chi connectivity index (χ3v) is 2.13. The van der Waals surface area contributed by atoms with Crippen molar-refractivity contribution in [1.82, 2.24) is 0 Å². The van der Waals surface area contributed by atoms with Crippen LogP contribution < -0.4 is 0 Å². The fraction of sp³-hybridized carbons (Fsp3) is 0.364. The van der Waals surface area contributed by atoms with E-state index in [9.17, 15) is 22.4 Å². The van der Waals surface area contributed by atoms with Gasteiger partial charge in [-0.05, 0) is 30.2 Å². The first kappa shape index (κ1) is 13.5. The number of hydrogen-bond acceptors (Lipinski definition) is 2. The number of halogens is 4. The molecule has 17 heavy (non-hydrogen) atoms. The molecule has 1 aromatic rings. The maximum atomic E-state index is 12.9. The maximum Gasteiger partial charge on any atom is 0.416 e. The lowest BCUT2D eigenvalue weighted by Gasteiger charge is -2.09. The first-order valence-corrected chi connectivity index (χ1v) is 4.76. The summed E-state index contributed by atoms with van der Waals surface area (Å²) < 4.78 is 54.4. The summed E-state index contributed by atoms with van der Waals surface area (Å²) in [6.07, 6.45) is -4.67. The minimum Gasteiger partial charge on any atom is -0.469 e. The third kappa shape index (κ3) is 4.05. The van der Waals surface area contributed by atoms with Crippen LogP contribution in [0.25, 0.3) is 0 Å². The van der Waals surface area contributed by atoms with Gasteiger partial charge in [0.15, 0.2) is 0 Å². The Balaban J connectivity index is 2.87. The molecule has 0 fully saturated rings. The fourth-order valence-corrected chi connectivity index (χ4v) is 1.31. The molecule has 0 aromatic heterocycles. The van der Waals surface area contributed by atoms with Crippen LogP contribution in [0.3, 0.4) is 0 Å². The molecule has 0 amide bonds. The summed E-state index contributed by atoms with van der Waals surface area (Å²) in [5, 5.41) is 0. The molecule has 0 unspecified atom stereocenters. The van der Waals surface area contributed by atoms with E-state index in [0.717, 1.165) is 12.1 Å². The zero-order valence-corrected chi connectivity index (χ0v) is 8.97. The van der Waals surface area contributed by atoms with Crippen molar-refractivity contribution >= 4 is 5.97 Å². The third-order valence-electron chi connectivity index (χ3n) is 2.13. The molecule has 0 saturated carbocycles. The second-order valence-electron chi connectivity index (χ2n) is 3.42. The van der Waals surface area contributed by atoms with Gasteiger partial charge in [0.25, 0.3) is 0 Å². The van der Waals surface area contributed by atoms with Gasteiger partial charge in [-0.25, -0.2) is 4.39 Å². The van der Waals surface area contributed by atoms with Crippen molar-refractivity contribution in [2.24, 2.45) is 0 Å². The second kappa shape index (κ2) is 5.16. The van der Waals surface area contributed by atoms with Crippen molar-refractivity contribution < 1.29 is 27.1 Å². The number of esters is 1. The Labute approximate surface area is 95.2 Å². The number of carbonyl (C=O) groups excluding carboxylic acids is 1. The van der Waals surface area contributed by atoms with Crippen LogP contribution in [-0.2, 0) is 22.1 Å². The van der Waals surface area contributed by atoms with Crippen LogP contribution in [0.15, 0.2) is 18.2 Å². The highest BCUT2D eigenvalue weighted by Gasteiger charge is 2.31. The number of methoxy groups -OCH3 is 1. The van der Waals surface area contributed by atoms with E-state index in [1.54, 1.807) is 0 Å². The molecule has 0 aliphatic rings. The summed E-state index contributed by atoms with van der Waals surface area (Å²) in [5.74, 6) is -1.53. The summed E-state index contributed by atoms with van der Waals surface area (Å²) in [6, 6.07) is 2.21. The van der Waals surface area contributed by atoms with E-state index in [1.165, 1.54) is 7.11 Å². The number of carbonyl (C=O) groups is 1. The van der Waals surface area contributed by atoms with E-state index in [2.05, 4.69) is 4.74 Å². The molecule has 1 rings (SSSR count). The summed E-state index contributed by atoms with van der Waals surface area (Å²) in [6.45, 7) is 0. The average Bonchev–Trinajstić information content (AvgIpc) is 2.24. The Bertz CT molecular complexity index is 412. The van der Waals surface area contributed by atoms with E-state index in [0.29, 0.717) is 6.07 Å². The predicted octanol–water partition coefficient (Wildman–Crippen LogP) is 2.95. The van der Waals surface area contributed by atoms with Gasteiger partial charge in [-0.15, -0.1) is 0 Å². The van der Waals surface area contributed by atoms with Crippen molar-refractivity contribution in [3.8, 4) is 0 Å². The molecule has 0 heterocycles. The standard InChI is InChI=1S/C11H10F4O2/c1-17-10(16)3-2-7-4-8(11(13,14)15)6-9(12)5-7/h4-6H,2-3H2,1H3. The number of aryl methyl sites for hydroxylation is 1. The topological polar surface area (TPSA) is 26.3 Å². The zero-order valence-electron chi connectivity index (χ0n) is 8.97. The molecule has 0 aliphatic heterocycles. The Morgan fingerprint density at radius 3 is 2.47 bits per heavy atom. The molecule has 0 spiro atoms. The zero-order chi connectivity index (χ0) is 13.1. The lowest BCUT2D eigenvalue weighted by atomic mass is 10.1. The lowest BCUT2D eigenvalue weighted by molar-refractivity contribution is -0.140. The van der Waals surface area contributed by atoms with Gasteiger partial charge in [0.1, 0.15) is 5.82 Å². The van der Waals surface area contributed by atoms with Crippen molar-refractivity contribution in [2.45, 2.75) is 19.0 Å².